The van der Waals surface area contributed by atoms with Crippen LogP contribution in [0.4, 0.5) is 5.69 Å². The number of amides is 2. The van der Waals surface area contributed by atoms with E-state index in [0.717, 1.165) is 5.56 Å². The third kappa shape index (κ3) is 5.43. The molecule has 5 heteroatoms. The van der Waals surface area contributed by atoms with Crippen molar-refractivity contribution < 1.29 is 9.59 Å². The third-order valence-electron chi connectivity index (χ3n) is 4.04. The van der Waals surface area contributed by atoms with Gasteiger partial charge in [-0.25, -0.2) is 0 Å². The van der Waals surface area contributed by atoms with Gasteiger partial charge in [-0.3, -0.25) is 9.59 Å². The van der Waals surface area contributed by atoms with Gasteiger partial charge in [0.2, 0.25) is 5.91 Å². The van der Waals surface area contributed by atoms with Crippen molar-refractivity contribution in [3.05, 3.63) is 101 Å². The highest BCUT2D eigenvalue weighted by Crippen LogP contribution is 2.20. The Morgan fingerprint density at radius 2 is 1.52 bits per heavy atom. The summed E-state index contributed by atoms with van der Waals surface area (Å²) in [5.41, 5.74) is 2.03. The lowest BCUT2D eigenvalue weighted by Crippen LogP contribution is -2.31. The molecule has 0 spiro atoms. The van der Waals surface area contributed by atoms with E-state index in [1.54, 1.807) is 48.5 Å². The lowest BCUT2D eigenvalue weighted by atomic mass is 10.0. The summed E-state index contributed by atoms with van der Waals surface area (Å²) in [6.07, 6.45) is 0.106. The second-order valence-corrected chi connectivity index (χ2v) is 6.50. The molecule has 136 valence electrons. The first kappa shape index (κ1) is 18.7. The van der Waals surface area contributed by atoms with Crippen molar-refractivity contribution in [3.8, 4) is 0 Å². The summed E-state index contributed by atoms with van der Waals surface area (Å²) in [4.78, 5) is 25.1. The van der Waals surface area contributed by atoms with Gasteiger partial charge in [0.15, 0.2) is 0 Å². The molecule has 3 aromatic carbocycles. The maximum Gasteiger partial charge on any atom is 0.251 e. The molecule has 0 unspecified atom stereocenters. The highest BCUT2D eigenvalue weighted by molar-refractivity contribution is 6.30. The maximum atomic E-state index is 12.6. The minimum absolute atomic E-state index is 0.106. The predicted octanol–water partition coefficient (Wildman–Crippen LogP) is 4.84. The van der Waals surface area contributed by atoms with Crippen molar-refractivity contribution in [2.24, 2.45) is 0 Å². The summed E-state index contributed by atoms with van der Waals surface area (Å²) in [6.45, 7) is 0. The first-order valence-electron chi connectivity index (χ1n) is 8.58. The van der Waals surface area contributed by atoms with Gasteiger partial charge in [-0.15, -0.1) is 0 Å². The molecule has 0 heterocycles. The van der Waals surface area contributed by atoms with Crippen LogP contribution in [0.3, 0.4) is 0 Å². The van der Waals surface area contributed by atoms with Gasteiger partial charge >= 0.3 is 0 Å². The van der Waals surface area contributed by atoms with Crippen LogP contribution in [0.15, 0.2) is 84.9 Å². The fourth-order valence-electron chi connectivity index (χ4n) is 2.73. The molecule has 0 aliphatic heterocycles. The van der Waals surface area contributed by atoms with Crippen molar-refractivity contribution in [3.63, 3.8) is 0 Å². The smallest absolute Gasteiger partial charge is 0.251 e. The average Bonchev–Trinajstić information content (AvgIpc) is 2.69. The zero-order valence-electron chi connectivity index (χ0n) is 14.6. The molecule has 0 aromatic heterocycles. The van der Waals surface area contributed by atoms with Gasteiger partial charge in [0.25, 0.3) is 5.91 Å². The van der Waals surface area contributed by atoms with E-state index >= 15 is 0 Å². The summed E-state index contributed by atoms with van der Waals surface area (Å²) in [5.74, 6) is -0.431. The highest BCUT2D eigenvalue weighted by atomic mass is 35.5. The molecule has 27 heavy (non-hydrogen) atoms. The number of carbonyl (C=O) groups is 2. The van der Waals surface area contributed by atoms with Crippen molar-refractivity contribution >= 4 is 29.1 Å². The monoisotopic (exact) mass is 378 g/mol. The Balaban J connectivity index is 1.74. The second kappa shape index (κ2) is 9.01. The molecule has 0 radical (unpaired) electrons. The van der Waals surface area contributed by atoms with Crippen LogP contribution >= 0.6 is 11.6 Å². The zero-order chi connectivity index (χ0) is 19.1. The average molecular weight is 379 g/mol. The summed E-state index contributed by atoms with van der Waals surface area (Å²) in [7, 11) is 0. The van der Waals surface area contributed by atoms with Crippen molar-refractivity contribution in [2.75, 3.05) is 5.32 Å². The van der Waals surface area contributed by atoms with Gasteiger partial charge in [-0.05, 0) is 35.9 Å². The Kier molecular flexibility index (Phi) is 6.23. The largest absolute Gasteiger partial charge is 0.345 e. The zero-order valence-corrected chi connectivity index (χ0v) is 15.3. The number of rotatable bonds is 6. The Hall–Kier alpha value is -3.11. The normalized spacial score (nSPS) is 11.4. The third-order valence-corrected chi connectivity index (χ3v) is 4.28. The quantitative estimate of drug-likeness (QED) is 0.644. The molecule has 0 saturated carbocycles. The predicted molar refractivity (Wildman–Crippen MR) is 108 cm³/mol. The molecule has 2 amide bonds. The van der Waals surface area contributed by atoms with E-state index in [0.29, 0.717) is 16.3 Å². The van der Waals surface area contributed by atoms with Crippen molar-refractivity contribution in [1.29, 1.82) is 0 Å². The minimum atomic E-state index is -0.446. The molecule has 0 bridgehead atoms. The van der Waals surface area contributed by atoms with E-state index in [1.807, 2.05) is 36.4 Å². The van der Waals surface area contributed by atoms with Gasteiger partial charge in [-0.1, -0.05) is 66.2 Å². The minimum Gasteiger partial charge on any atom is -0.345 e. The molecule has 0 aliphatic carbocycles. The number of anilines is 1. The van der Waals surface area contributed by atoms with E-state index in [2.05, 4.69) is 10.6 Å². The second-order valence-electron chi connectivity index (χ2n) is 6.07. The SMILES string of the molecule is O=C(C[C@@H](NC(=O)c1ccccc1)c1ccccc1)Nc1cccc(Cl)c1. The van der Waals surface area contributed by atoms with Crippen LogP contribution < -0.4 is 10.6 Å². The molecule has 3 aromatic rings. The van der Waals surface area contributed by atoms with Crippen LogP contribution in [-0.4, -0.2) is 11.8 Å². The van der Waals surface area contributed by atoms with E-state index in [9.17, 15) is 9.59 Å². The topological polar surface area (TPSA) is 58.2 Å². The molecule has 0 saturated heterocycles. The molecule has 3 rings (SSSR count). The van der Waals surface area contributed by atoms with Crippen LogP contribution in [0, 0.1) is 0 Å². The lowest BCUT2D eigenvalue weighted by Gasteiger charge is -2.19. The molecule has 4 nitrogen and oxygen atoms in total. The number of hydrogen-bond donors (Lipinski definition) is 2. The van der Waals surface area contributed by atoms with Crippen LogP contribution in [0.2, 0.25) is 5.02 Å². The molecule has 1 atom stereocenters. The van der Waals surface area contributed by atoms with E-state index in [1.165, 1.54) is 0 Å². The summed E-state index contributed by atoms with van der Waals surface area (Å²) < 4.78 is 0. The van der Waals surface area contributed by atoms with Gasteiger partial charge in [0.05, 0.1) is 12.5 Å². The first-order chi connectivity index (χ1) is 13.1. The molecule has 0 fully saturated rings. The van der Waals surface area contributed by atoms with E-state index in [-0.39, 0.29) is 18.2 Å². The Labute approximate surface area is 163 Å². The van der Waals surface area contributed by atoms with E-state index < -0.39 is 6.04 Å². The lowest BCUT2D eigenvalue weighted by molar-refractivity contribution is -0.116. The molecule has 0 aliphatic rings. The number of halogens is 1. The first-order valence-corrected chi connectivity index (χ1v) is 8.96. The summed E-state index contributed by atoms with van der Waals surface area (Å²) in [6, 6.07) is 24.9. The fourth-order valence-corrected chi connectivity index (χ4v) is 2.92. The van der Waals surface area contributed by atoms with Crippen LogP contribution in [0.5, 0.6) is 0 Å². The number of nitrogens with one attached hydrogen (secondary N) is 2. The molecular weight excluding hydrogens is 360 g/mol. The summed E-state index contributed by atoms with van der Waals surface area (Å²) >= 11 is 5.96. The van der Waals surface area contributed by atoms with Crippen LogP contribution in [-0.2, 0) is 4.79 Å². The van der Waals surface area contributed by atoms with Crippen molar-refractivity contribution in [1.82, 2.24) is 5.32 Å². The van der Waals surface area contributed by atoms with Crippen molar-refractivity contribution in [2.45, 2.75) is 12.5 Å². The fraction of sp³-hybridized carbons (Fsp3) is 0.0909. The van der Waals surface area contributed by atoms with Gasteiger partial charge in [0.1, 0.15) is 0 Å². The maximum absolute atomic E-state index is 12.6. The molecular formula is C22H19ClN2O2. The number of hydrogen-bond acceptors (Lipinski definition) is 2. The van der Waals surface area contributed by atoms with E-state index in [4.69, 9.17) is 11.6 Å². The standard InChI is InChI=1S/C22H19ClN2O2/c23-18-12-7-13-19(14-18)24-21(26)15-20(16-8-3-1-4-9-16)25-22(27)17-10-5-2-6-11-17/h1-14,20H,15H2,(H,24,26)(H,25,27)/t20-/m1/s1. The number of carbonyl (C=O) groups excluding carboxylic acids is 2. The number of benzene rings is 3. The Bertz CT molecular complexity index is 914. The van der Waals surface area contributed by atoms with Crippen LogP contribution in [0.25, 0.3) is 0 Å². The Morgan fingerprint density at radius 3 is 2.19 bits per heavy atom. The molecule has 2 N–H and O–H groups in total. The highest BCUT2D eigenvalue weighted by Gasteiger charge is 2.19. The Morgan fingerprint density at radius 1 is 0.852 bits per heavy atom. The van der Waals surface area contributed by atoms with Gasteiger partial charge in [-0.2, -0.15) is 0 Å². The summed E-state index contributed by atoms with van der Waals surface area (Å²) in [5, 5.41) is 6.32. The van der Waals surface area contributed by atoms with Crippen LogP contribution in [0.1, 0.15) is 28.4 Å². The van der Waals surface area contributed by atoms with Gasteiger partial charge < -0.3 is 10.6 Å². The van der Waals surface area contributed by atoms with Gasteiger partial charge in [0, 0.05) is 16.3 Å².